The second kappa shape index (κ2) is 70.6. The molecule has 1 fully saturated rings. The summed E-state index contributed by atoms with van der Waals surface area (Å²) in [5.41, 5.74) is 0. The molecule has 91 heavy (non-hydrogen) atoms. The van der Waals surface area contributed by atoms with Crippen LogP contribution in [0.15, 0.2) is 0 Å². The second-order valence-electron chi connectivity index (χ2n) is 28.7. The van der Waals surface area contributed by atoms with Crippen molar-refractivity contribution in [1.29, 1.82) is 0 Å². The number of hydrogen-bond acceptors (Lipinski definition) is 9. The predicted octanol–water partition coefficient (Wildman–Crippen LogP) is 26.3. The zero-order valence-corrected chi connectivity index (χ0v) is 61.5. The number of esters is 4. The van der Waals surface area contributed by atoms with Gasteiger partial charge in [0.25, 0.3) is 0 Å². The summed E-state index contributed by atoms with van der Waals surface area (Å²) >= 11 is 0. The second-order valence-corrected chi connectivity index (χ2v) is 28.7. The summed E-state index contributed by atoms with van der Waals surface area (Å²) in [4.78, 5) is 54.6. The van der Waals surface area contributed by atoms with Gasteiger partial charge in [0.15, 0.2) is 18.3 Å². The van der Waals surface area contributed by atoms with Gasteiger partial charge >= 0.3 is 23.9 Å². The van der Waals surface area contributed by atoms with E-state index in [-0.39, 0.29) is 44.4 Å². The molecule has 538 valence electrons. The molecule has 1 saturated heterocycles. The van der Waals surface area contributed by atoms with Crippen molar-refractivity contribution < 1.29 is 42.9 Å². The molecule has 1 aliphatic heterocycles. The predicted molar refractivity (Wildman–Crippen MR) is 387 cm³/mol. The van der Waals surface area contributed by atoms with Crippen molar-refractivity contribution in [2.75, 3.05) is 13.2 Å². The maximum Gasteiger partial charge on any atom is 0.306 e. The molecule has 0 aliphatic carbocycles. The molecule has 0 unspecified atom stereocenters. The van der Waals surface area contributed by atoms with Gasteiger partial charge in [-0.1, -0.05) is 413 Å². The van der Waals surface area contributed by atoms with Crippen LogP contribution in [0, 0.1) is 0 Å². The van der Waals surface area contributed by atoms with Crippen LogP contribution in [0.25, 0.3) is 0 Å². The van der Waals surface area contributed by atoms with Gasteiger partial charge in [0.05, 0.1) is 6.61 Å². The van der Waals surface area contributed by atoms with Gasteiger partial charge in [0, 0.05) is 25.7 Å². The summed E-state index contributed by atoms with van der Waals surface area (Å²) in [5.74, 6) is -1.46. The molecule has 0 saturated carbocycles. The van der Waals surface area contributed by atoms with Crippen molar-refractivity contribution in [3.8, 4) is 0 Å². The van der Waals surface area contributed by atoms with Crippen molar-refractivity contribution in [3.63, 3.8) is 0 Å². The molecule has 0 amide bonds. The summed E-state index contributed by atoms with van der Waals surface area (Å²) < 4.78 is 31.0. The number of carbonyl (C=O) groups is 4. The maximum absolute atomic E-state index is 13.9. The average Bonchev–Trinajstić information content (AvgIpc) is 1.06. The zero-order chi connectivity index (χ0) is 65.7. The monoisotopic (exact) mass is 1290 g/mol. The van der Waals surface area contributed by atoms with Crippen molar-refractivity contribution in [3.05, 3.63) is 0 Å². The lowest BCUT2D eigenvalue weighted by molar-refractivity contribution is -0.233. The molecule has 1 rings (SSSR count). The first-order chi connectivity index (χ1) is 44.9. The third kappa shape index (κ3) is 60.0. The van der Waals surface area contributed by atoms with Crippen LogP contribution in [0.1, 0.15) is 464 Å². The minimum atomic E-state index is -1.09. The van der Waals surface area contributed by atoms with E-state index in [0.717, 1.165) is 64.2 Å². The maximum atomic E-state index is 13.9. The molecule has 0 N–H and O–H groups in total. The van der Waals surface area contributed by atoms with Crippen molar-refractivity contribution in [1.82, 2.24) is 0 Å². The standard InChI is InChI=1S/C82H156O9/c1-5-9-13-17-21-25-29-33-37-41-45-49-53-57-61-65-69-77(83)88-73-75-81(90-79(85)71-67-63-59-55-51-47-43-39-35-31-27-23-19-15-11-7-3)82(91-80(86)72-68-64-60-56-52-48-44-40-36-32-28-24-20-16-12-8-4)76(74-87-75)89-78(84)70-66-62-58-54-50-46-42-38-34-30-26-22-18-14-10-6-2/h75-76,81-82H,5-74H2,1-4H3/t75-,76-,81-,82-/m1/s1. The van der Waals surface area contributed by atoms with E-state index in [1.165, 1.54) is 334 Å². The normalized spacial score (nSPS) is 15.7. The number of hydrogen-bond donors (Lipinski definition) is 0. The quantitative estimate of drug-likeness (QED) is 0.0334. The first-order valence-electron chi connectivity index (χ1n) is 41.2. The number of unbranched alkanes of at least 4 members (excludes halogenated alkanes) is 60. The fraction of sp³-hybridized carbons (Fsp3) is 0.951. The SMILES string of the molecule is CCCCCCCCCCCCCCCCCCC(=O)OC[C@H]1OC[C@@H](OC(=O)CCCCCCCCCCCCCCCCCC)[C@@H](OC(=O)CCCCCCCCCCCCCCCCCC)[C@@H]1OC(=O)CCCCCCCCCCCCCCCCCC. The molecule has 9 heteroatoms. The Balaban J connectivity index is 2.86. The van der Waals surface area contributed by atoms with E-state index in [1.54, 1.807) is 0 Å². The molecule has 0 bridgehead atoms. The summed E-state index contributed by atoms with van der Waals surface area (Å²) in [5, 5.41) is 0. The summed E-state index contributed by atoms with van der Waals surface area (Å²) in [7, 11) is 0. The first kappa shape index (κ1) is 86.9. The fourth-order valence-corrected chi connectivity index (χ4v) is 13.5. The molecule has 0 aromatic rings. The lowest BCUT2D eigenvalue weighted by Gasteiger charge is -2.40. The Labute approximate surface area is 566 Å². The van der Waals surface area contributed by atoms with Crippen LogP contribution in [0.5, 0.6) is 0 Å². The smallest absolute Gasteiger partial charge is 0.306 e. The summed E-state index contributed by atoms with van der Waals surface area (Å²) in [6, 6.07) is 0. The van der Waals surface area contributed by atoms with E-state index in [0.29, 0.717) is 19.3 Å². The van der Waals surface area contributed by atoms with Crippen LogP contribution >= 0.6 is 0 Å². The van der Waals surface area contributed by atoms with Crippen LogP contribution in [-0.4, -0.2) is 61.5 Å². The first-order valence-corrected chi connectivity index (χ1v) is 41.2. The molecule has 0 aromatic heterocycles. The van der Waals surface area contributed by atoms with Crippen LogP contribution in [0.4, 0.5) is 0 Å². The highest BCUT2D eigenvalue weighted by Gasteiger charge is 2.48. The molecule has 1 aliphatic rings. The highest BCUT2D eigenvalue weighted by Crippen LogP contribution is 2.28. The highest BCUT2D eigenvalue weighted by atomic mass is 16.7. The minimum Gasteiger partial charge on any atom is -0.463 e. The van der Waals surface area contributed by atoms with E-state index in [2.05, 4.69) is 27.7 Å². The summed E-state index contributed by atoms with van der Waals surface area (Å²) in [6.07, 6.45) is 77.4. The van der Waals surface area contributed by atoms with E-state index < -0.39 is 36.4 Å². The Hall–Kier alpha value is -2.16. The Kier molecular flexibility index (Phi) is 67.4. The molecule has 1 heterocycles. The van der Waals surface area contributed by atoms with Crippen LogP contribution in [0.3, 0.4) is 0 Å². The van der Waals surface area contributed by atoms with Gasteiger partial charge in [-0.2, -0.15) is 0 Å². The average molecular weight is 1290 g/mol. The summed E-state index contributed by atoms with van der Waals surface area (Å²) in [6.45, 7) is 8.94. The molecule has 4 atom stereocenters. The van der Waals surface area contributed by atoms with Gasteiger partial charge in [-0.05, 0) is 25.7 Å². The van der Waals surface area contributed by atoms with Gasteiger partial charge in [-0.25, -0.2) is 0 Å². The minimum absolute atomic E-state index is 0.0454. The topological polar surface area (TPSA) is 114 Å². The molecule has 0 spiro atoms. The molecule has 9 nitrogen and oxygen atoms in total. The largest absolute Gasteiger partial charge is 0.463 e. The van der Waals surface area contributed by atoms with E-state index in [9.17, 15) is 19.2 Å². The van der Waals surface area contributed by atoms with Gasteiger partial charge in [0.1, 0.15) is 12.7 Å². The Morgan fingerprint density at radius 3 is 0.659 bits per heavy atom. The number of carbonyl (C=O) groups excluding carboxylic acids is 4. The zero-order valence-electron chi connectivity index (χ0n) is 61.5. The van der Waals surface area contributed by atoms with Gasteiger partial charge in [-0.15, -0.1) is 0 Å². The lowest BCUT2D eigenvalue weighted by Crippen LogP contribution is -2.59. The van der Waals surface area contributed by atoms with Gasteiger partial charge in [0.2, 0.25) is 0 Å². The fourth-order valence-electron chi connectivity index (χ4n) is 13.5. The highest BCUT2D eigenvalue weighted by molar-refractivity contribution is 5.72. The van der Waals surface area contributed by atoms with E-state index in [4.69, 9.17) is 23.7 Å². The molecular formula is C82H156O9. The number of ether oxygens (including phenoxy) is 5. The number of rotatable bonds is 73. The molecular weight excluding hydrogens is 1130 g/mol. The van der Waals surface area contributed by atoms with Crippen LogP contribution in [-0.2, 0) is 42.9 Å². The van der Waals surface area contributed by atoms with Crippen LogP contribution < -0.4 is 0 Å². The van der Waals surface area contributed by atoms with Crippen LogP contribution in [0.2, 0.25) is 0 Å². The Bertz CT molecular complexity index is 1530. The van der Waals surface area contributed by atoms with E-state index in [1.807, 2.05) is 0 Å². The third-order valence-corrected chi connectivity index (χ3v) is 19.7. The van der Waals surface area contributed by atoms with Crippen molar-refractivity contribution in [2.45, 2.75) is 489 Å². The van der Waals surface area contributed by atoms with Gasteiger partial charge in [-0.3, -0.25) is 19.2 Å². The molecule has 0 aromatic carbocycles. The lowest BCUT2D eigenvalue weighted by atomic mass is 9.99. The van der Waals surface area contributed by atoms with Gasteiger partial charge < -0.3 is 23.7 Å². The van der Waals surface area contributed by atoms with E-state index >= 15 is 0 Å². The van der Waals surface area contributed by atoms with Crippen molar-refractivity contribution >= 4 is 23.9 Å². The molecule has 0 radical (unpaired) electrons. The van der Waals surface area contributed by atoms with Crippen molar-refractivity contribution in [2.24, 2.45) is 0 Å². The third-order valence-electron chi connectivity index (χ3n) is 19.7. The Morgan fingerprint density at radius 1 is 0.242 bits per heavy atom. The Morgan fingerprint density at radius 2 is 0.429 bits per heavy atom.